The second-order valence-corrected chi connectivity index (χ2v) is 18.5. The lowest BCUT2D eigenvalue weighted by Gasteiger charge is -2.18. The second kappa shape index (κ2) is 54.5. The number of carbonyl (C=O) groups excluding carboxylic acids is 3. The Labute approximate surface area is 408 Å². The third-order valence-electron chi connectivity index (χ3n) is 12.0. The minimum atomic E-state index is -0.828. The van der Waals surface area contributed by atoms with Crippen molar-refractivity contribution in [2.24, 2.45) is 0 Å². The number of hydrogen-bond donors (Lipinski definition) is 0. The first-order chi connectivity index (χ1) is 32.5. The van der Waals surface area contributed by atoms with Crippen molar-refractivity contribution in [3.8, 4) is 0 Å². The first kappa shape index (κ1) is 62.8. The predicted octanol–water partition coefficient (Wildman–Crippen LogP) is 18.6. The summed E-state index contributed by atoms with van der Waals surface area (Å²) < 4.78 is 16.7. The van der Waals surface area contributed by atoms with Crippen molar-refractivity contribution in [2.45, 2.75) is 277 Å². The van der Waals surface area contributed by atoms with Crippen LogP contribution >= 0.6 is 0 Å². The van der Waals surface area contributed by atoms with Crippen LogP contribution in [-0.4, -0.2) is 37.2 Å². The standard InChI is InChI=1S/C60H104O6/c1-4-7-10-13-16-19-22-25-28-29-30-31-33-35-38-41-44-47-50-53-59(62)65-56-57(55-64-58(61)52-49-46-43-40-37-34-27-24-21-18-15-12-9-6-3)66-60(63)54-51-48-45-42-39-36-32-26-23-20-17-14-11-8-5-2/h8,11,17,20,25-26,28,32,39,42,48,51,57H,4-7,9-10,12-16,18-19,21-24,27,29-31,33-38,40-41,43-47,49-50,52-56H2,1-3H3/b11-8-,20-17-,28-25-,32-26-,42-39-,51-48-. The summed E-state index contributed by atoms with van der Waals surface area (Å²) >= 11 is 0. The van der Waals surface area contributed by atoms with Gasteiger partial charge in [-0.25, -0.2) is 0 Å². The maximum absolute atomic E-state index is 12.8. The average Bonchev–Trinajstić information content (AvgIpc) is 3.31. The molecule has 6 heteroatoms. The Hall–Kier alpha value is -3.15. The highest BCUT2D eigenvalue weighted by Crippen LogP contribution is 2.15. The molecule has 0 aromatic rings. The van der Waals surface area contributed by atoms with Gasteiger partial charge in [0.15, 0.2) is 6.10 Å². The van der Waals surface area contributed by atoms with Crippen LogP contribution in [0.4, 0.5) is 0 Å². The van der Waals surface area contributed by atoms with Gasteiger partial charge in [-0.1, -0.05) is 254 Å². The Morgan fingerprint density at radius 1 is 0.333 bits per heavy atom. The molecule has 0 rings (SSSR count). The topological polar surface area (TPSA) is 78.9 Å². The van der Waals surface area contributed by atoms with E-state index < -0.39 is 12.1 Å². The van der Waals surface area contributed by atoms with E-state index in [1.165, 1.54) is 161 Å². The summed E-state index contributed by atoms with van der Waals surface area (Å²) in [6.45, 7) is 6.45. The molecule has 0 aromatic heterocycles. The van der Waals surface area contributed by atoms with Crippen LogP contribution in [0.1, 0.15) is 271 Å². The van der Waals surface area contributed by atoms with E-state index in [9.17, 15) is 14.4 Å². The van der Waals surface area contributed by atoms with Crippen molar-refractivity contribution in [3.63, 3.8) is 0 Å². The summed E-state index contributed by atoms with van der Waals surface area (Å²) in [6.07, 6.45) is 69.2. The number of ether oxygens (including phenoxy) is 3. The lowest BCUT2D eigenvalue weighted by Crippen LogP contribution is -2.30. The van der Waals surface area contributed by atoms with Gasteiger partial charge in [-0.3, -0.25) is 14.4 Å². The molecule has 1 atom stereocenters. The Kier molecular flexibility index (Phi) is 51.9. The van der Waals surface area contributed by atoms with E-state index in [2.05, 4.69) is 81.5 Å². The van der Waals surface area contributed by atoms with Crippen LogP contribution in [0.15, 0.2) is 72.9 Å². The van der Waals surface area contributed by atoms with Crippen molar-refractivity contribution in [3.05, 3.63) is 72.9 Å². The molecular formula is C60H104O6. The summed E-state index contributed by atoms with van der Waals surface area (Å²) in [6, 6.07) is 0. The molecule has 0 aromatic carbocycles. The minimum Gasteiger partial charge on any atom is -0.462 e. The smallest absolute Gasteiger partial charge is 0.310 e. The van der Waals surface area contributed by atoms with Crippen LogP contribution in [0, 0.1) is 0 Å². The van der Waals surface area contributed by atoms with Crippen molar-refractivity contribution in [1.29, 1.82) is 0 Å². The minimum absolute atomic E-state index is 0.0989. The lowest BCUT2D eigenvalue weighted by molar-refractivity contribution is -0.166. The van der Waals surface area contributed by atoms with Gasteiger partial charge in [0.05, 0.1) is 6.42 Å². The summed E-state index contributed by atoms with van der Waals surface area (Å²) in [5.41, 5.74) is 0. The molecule has 0 N–H and O–H groups in total. The van der Waals surface area contributed by atoms with Crippen LogP contribution in [0.3, 0.4) is 0 Å². The molecule has 0 amide bonds. The van der Waals surface area contributed by atoms with E-state index in [1.807, 2.05) is 6.08 Å². The zero-order valence-electron chi connectivity index (χ0n) is 43.4. The van der Waals surface area contributed by atoms with Crippen molar-refractivity contribution in [1.82, 2.24) is 0 Å². The average molecular weight is 921 g/mol. The molecule has 0 aliphatic carbocycles. The highest BCUT2D eigenvalue weighted by molar-refractivity contribution is 5.72. The van der Waals surface area contributed by atoms with E-state index in [0.29, 0.717) is 12.8 Å². The van der Waals surface area contributed by atoms with Crippen LogP contribution < -0.4 is 0 Å². The largest absolute Gasteiger partial charge is 0.462 e. The molecule has 0 bridgehead atoms. The molecular weight excluding hydrogens is 817 g/mol. The molecule has 0 radical (unpaired) electrons. The molecule has 380 valence electrons. The van der Waals surface area contributed by atoms with E-state index in [0.717, 1.165) is 70.6 Å². The van der Waals surface area contributed by atoms with Crippen molar-refractivity contribution < 1.29 is 28.6 Å². The predicted molar refractivity (Wildman–Crippen MR) is 284 cm³/mol. The Morgan fingerprint density at radius 2 is 0.636 bits per heavy atom. The van der Waals surface area contributed by atoms with Crippen molar-refractivity contribution >= 4 is 17.9 Å². The third kappa shape index (κ3) is 51.8. The summed E-state index contributed by atoms with van der Waals surface area (Å²) in [5, 5.41) is 0. The fraction of sp³-hybridized carbons (Fsp3) is 0.750. The molecule has 0 aliphatic rings. The SMILES string of the molecule is CC/C=C\C/C=C\C/C=C\C/C=C\C/C=C\CC(=O)OC(COC(=O)CCCCCCCCCCC/C=C\CCCCCCCC)COC(=O)CCCCCCCCCCCCCCCC. The second-order valence-electron chi connectivity index (χ2n) is 18.5. The monoisotopic (exact) mass is 921 g/mol. The molecule has 0 saturated heterocycles. The van der Waals surface area contributed by atoms with Gasteiger partial charge >= 0.3 is 17.9 Å². The molecule has 0 spiro atoms. The summed E-state index contributed by atoms with van der Waals surface area (Å²) in [4.78, 5) is 38.0. The van der Waals surface area contributed by atoms with Crippen LogP contribution in [0.2, 0.25) is 0 Å². The third-order valence-corrected chi connectivity index (χ3v) is 12.0. The number of esters is 3. The fourth-order valence-corrected chi connectivity index (χ4v) is 7.81. The van der Waals surface area contributed by atoms with Crippen LogP contribution in [0.5, 0.6) is 0 Å². The van der Waals surface area contributed by atoms with Gasteiger partial charge in [0.2, 0.25) is 0 Å². The Bertz CT molecular complexity index is 1240. The zero-order chi connectivity index (χ0) is 47.9. The zero-order valence-corrected chi connectivity index (χ0v) is 43.4. The van der Waals surface area contributed by atoms with Gasteiger partial charge in [0.1, 0.15) is 13.2 Å². The van der Waals surface area contributed by atoms with E-state index >= 15 is 0 Å². The quantitative estimate of drug-likeness (QED) is 0.0262. The van der Waals surface area contributed by atoms with Gasteiger partial charge in [-0.15, -0.1) is 0 Å². The molecule has 66 heavy (non-hydrogen) atoms. The number of allylic oxidation sites excluding steroid dienone is 11. The van der Waals surface area contributed by atoms with Crippen molar-refractivity contribution in [2.75, 3.05) is 13.2 Å². The van der Waals surface area contributed by atoms with E-state index in [1.54, 1.807) is 6.08 Å². The van der Waals surface area contributed by atoms with Gasteiger partial charge < -0.3 is 14.2 Å². The highest BCUT2D eigenvalue weighted by Gasteiger charge is 2.19. The van der Waals surface area contributed by atoms with Crippen LogP contribution in [-0.2, 0) is 28.6 Å². The maximum atomic E-state index is 12.8. The Balaban J connectivity index is 4.44. The van der Waals surface area contributed by atoms with E-state index in [-0.39, 0.29) is 31.6 Å². The summed E-state index contributed by atoms with van der Waals surface area (Å²) in [7, 11) is 0. The van der Waals surface area contributed by atoms with Crippen LogP contribution in [0.25, 0.3) is 0 Å². The molecule has 0 heterocycles. The number of hydrogen-bond acceptors (Lipinski definition) is 6. The molecule has 0 fully saturated rings. The highest BCUT2D eigenvalue weighted by atomic mass is 16.6. The van der Waals surface area contributed by atoms with Gasteiger partial charge in [0, 0.05) is 12.8 Å². The number of rotatable bonds is 50. The summed E-state index contributed by atoms with van der Waals surface area (Å²) in [5.74, 6) is -1.04. The lowest BCUT2D eigenvalue weighted by atomic mass is 10.0. The molecule has 0 saturated carbocycles. The van der Waals surface area contributed by atoms with Gasteiger partial charge in [-0.2, -0.15) is 0 Å². The number of carbonyl (C=O) groups is 3. The molecule has 0 aliphatic heterocycles. The molecule has 6 nitrogen and oxygen atoms in total. The first-order valence-electron chi connectivity index (χ1n) is 27.9. The van der Waals surface area contributed by atoms with Gasteiger partial charge in [-0.05, 0) is 70.6 Å². The van der Waals surface area contributed by atoms with Gasteiger partial charge in [0.25, 0.3) is 0 Å². The first-order valence-corrected chi connectivity index (χ1v) is 27.9. The normalized spacial score (nSPS) is 12.6. The maximum Gasteiger partial charge on any atom is 0.310 e. The molecule has 1 unspecified atom stereocenters. The Morgan fingerprint density at radius 3 is 0.985 bits per heavy atom. The van der Waals surface area contributed by atoms with E-state index in [4.69, 9.17) is 14.2 Å². The fourth-order valence-electron chi connectivity index (χ4n) is 7.81. The number of unbranched alkanes of at least 4 members (excludes halogenated alkanes) is 28.